The highest BCUT2D eigenvalue weighted by molar-refractivity contribution is 5.71. The molecule has 102 valence electrons. The van der Waals surface area contributed by atoms with Crippen LogP contribution in [0.5, 0.6) is 0 Å². The molecule has 20 heavy (non-hydrogen) atoms. The Hall–Kier alpha value is -3.03. The third-order valence-corrected chi connectivity index (χ3v) is 2.42. The lowest BCUT2D eigenvalue weighted by Gasteiger charge is -1.96. The predicted octanol–water partition coefficient (Wildman–Crippen LogP) is 1.28. The molecule has 2 N–H and O–H groups in total. The lowest BCUT2D eigenvalue weighted by molar-refractivity contribution is -0.386. The molecule has 7 nitrogen and oxygen atoms in total. The molecule has 0 spiro atoms. The lowest BCUT2D eigenvalue weighted by atomic mass is 10.2. The summed E-state index contributed by atoms with van der Waals surface area (Å²) < 4.78 is 13.0. The summed E-state index contributed by atoms with van der Waals surface area (Å²) in [4.78, 5) is 36.3. The number of hydrogen-bond acceptors (Lipinski definition) is 4. The zero-order chi connectivity index (χ0) is 14.7. The van der Waals surface area contributed by atoms with Crippen LogP contribution in [0.25, 0.3) is 12.2 Å². The largest absolute Gasteiger partial charge is 0.357 e. The van der Waals surface area contributed by atoms with E-state index in [0.29, 0.717) is 5.56 Å². The summed E-state index contributed by atoms with van der Waals surface area (Å²) in [6.07, 6.45) is 2.52. The first-order valence-corrected chi connectivity index (χ1v) is 5.42. The van der Waals surface area contributed by atoms with Gasteiger partial charge in [-0.15, -0.1) is 0 Å². The van der Waals surface area contributed by atoms with Crippen LogP contribution in [0.4, 0.5) is 10.1 Å². The van der Waals surface area contributed by atoms with Crippen molar-refractivity contribution < 1.29 is 9.31 Å². The summed E-state index contributed by atoms with van der Waals surface area (Å²) >= 11 is 0. The molecule has 0 fully saturated rings. The average Bonchev–Trinajstić information content (AvgIpc) is 2.35. The van der Waals surface area contributed by atoms with Crippen LogP contribution in [0.15, 0.2) is 33.9 Å². The predicted molar refractivity (Wildman–Crippen MR) is 69.7 cm³/mol. The van der Waals surface area contributed by atoms with E-state index >= 15 is 0 Å². The van der Waals surface area contributed by atoms with Crippen molar-refractivity contribution in [2.24, 2.45) is 0 Å². The smallest absolute Gasteiger partial charge is 0.301 e. The van der Waals surface area contributed by atoms with E-state index in [9.17, 15) is 24.1 Å². The van der Waals surface area contributed by atoms with Crippen LogP contribution in [0.2, 0.25) is 0 Å². The minimum Gasteiger partial charge on any atom is -0.301 e. The second-order valence-electron chi connectivity index (χ2n) is 3.82. The van der Waals surface area contributed by atoms with E-state index in [1.54, 1.807) is 11.1 Å². The van der Waals surface area contributed by atoms with Gasteiger partial charge < -0.3 is 4.98 Å². The lowest BCUT2D eigenvalue weighted by Crippen LogP contribution is -2.25. The van der Waals surface area contributed by atoms with Gasteiger partial charge in [-0.3, -0.25) is 19.9 Å². The Morgan fingerprint density at radius 2 is 1.95 bits per heavy atom. The maximum Gasteiger partial charge on any atom is 0.357 e. The molecule has 0 bridgehead atoms. The first-order chi connectivity index (χ1) is 9.47. The molecule has 0 amide bonds. The number of nitrogens with zero attached hydrogens (tertiary/aromatic N) is 1. The van der Waals surface area contributed by atoms with E-state index in [2.05, 4.69) is 4.98 Å². The standard InChI is InChI=1S/C12H8FN3O4/c13-8-3-1-2-7(6-8)4-5-9-10(16(19)20)11(17)15-12(18)14-9/h1-6H,(H2,14,15,17,18)/b5-4+. The molecule has 0 unspecified atom stereocenters. The molecule has 1 heterocycles. The van der Waals surface area contributed by atoms with Crippen molar-refractivity contribution in [1.82, 2.24) is 9.97 Å². The molecule has 0 saturated carbocycles. The van der Waals surface area contributed by atoms with Crippen LogP contribution in [-0.4, -0.2) is 14.9 Å². The highest BCUT2D eigenvalue weighted by Gasteiger charge is 2.18. The van der Waals surface area contributed by atoms with Gasteiger partial charge in [-0.25, -0.2) is 9.18 Å². The van der Waals surface area contributed by atoms with Crippen LogP contribution < -0.4 is 11.2 Å². The summed E-state index contributed by atoms with van der Waals surface area (Å²) in [6, 6.07) is 5.48. The SMILES string of the molecule is O=c1[nH]c(/C=C/c2cccc(F)c2)c([N+](=O)[O-])c(=O)[nH]1. The van der Waals surface area contributed by atoms with E-state index < -0.39 is 27.7 Å². The van der Waals surface area contributed by atoms with E-state index in [4.69, 9.17) is 0 Å². The highest BCUT2D eigenvalue weighted by Crippen LogP contribution is 2.13. The topological polar surface area (TPSA) is 109 Å². The third kappa shape index (κ3) is 2.86. The number of rotatable bonds is 3. The molecule has 2 rings (SSSR count). The fourth-order valence-electron chi connectivity index (χ4n) is 1.59. The molecular formula is C12H8FN3O4. The zero-order valence-electron chi connectivity index (χ0n) is 9.92. The summed E-state index contributed by atoms with van der Waals surface area (Å²) in [7, 11) is 0. The van der Waals surface area contributed by atoms with Gasteiger partial charge in [0.25, 0.3) is 0 Å². The van der Waals surface area contributed by atoms with Crippen LogP contribution in [0.3, 0.4) is 0 Å². The fraction of sp³-hybridized carbons (Fsp3) is 0. The van der Waals surface area contributed by atoms with Gasteiger partial charge in [0.05, 0.1) is 4.92 Å². The van der Waals surface area contributed by atoms with Crippen molar-refractivity contribution in [3.05, 3.63) is 72.3 Å². The van der Waals surface area contributed by atoms with Crippen molar-refractivity contribution in [2.75, 3.05) is 0 Å². The molecule has 0 atom stereocenters. The molecule has 0 aliphatic heterocycles. The van der Waals surface area contributed by atoms with E-state index in [1.807, 2.05) is 0 Å². The summed E-state index contributed by atoms with van der Waals surface area (Å²) in [5, 5.41) is 10.8. The van der Waals surface area contributed by atoms with Gasteiger partial charge in [0.1, 0.15) is 11.5 Å². The van der Waals surface area contributed by atoms with E-state index in [0.717, 1.165) is 0 Å². The first-order valence-electron chi connectivity index (χ1n) is 5.42. The summed E-state index contributed by atoms with van der Waals surface area (Å²) in [5.41, 5.74) is -2.57. The van der Waals surface area contributed by atoms with E-state index in [-0.39, 0.29) is 5.69 Å². The third-order valence-electron chi connectivity index (χ3n) is 2.42. The van der Waals surface area contributed by atoms with Crippen molar-refractivity contribution in [1.29, 1.82) is 0 Å². The van der Waals surface area contributed by atoms with Crippen LogP contribution in [-0.2, 0) is 0 Å². The van der Waals surface area contributed by atoms with Crippen molar-refractivity contribution in [3.63, 3.8) is 0 Å². The molecule has 0 aliphatic carbocycles. The quantitative estimate of drug-likeness (QED) is 0.650. The average molecular weight is 277 g/mol. The van der Waals surface area contributed by atoms with Gasteiger partial charge in [0, 0.05) is 0 Å². The minimum absolute atomic E-state index is 0.256. The highest BCUT2D eigenvalue weighted by atomic mass is 19.1. The van der Waals surface area contributed by atoms with Gasteiger partial charge in [-0.05, 0) is 23.8 Å². The van der Waals surface area contributed by atoms with Gasteiger partial charge in [-0.1, -0.05) is 18.2 Å². The molecule has 0 aliphatic rings. The maximum absolute atomic E-state index is 13.0. The zero-order valence-corrected chi connectivity index (χ0v) is 9.92. The first kappa shape index (κ1) is 13.4. The van der Waals surface area contributed by atoms with Crippen LogP contribution in [0.1, 0.15) is 11.3 Å². The Kier molecular flexibility index (Phi) is 3.56. The second kappa shape index (κ2) is 5.31. The van der Waals surface area contributed by atoms with Gasteiger partial charge in [-0.2, -0.15) is 0 Å². The number of aromatic nitrogens is 2. The van der Waals surface area contributed by atoms with Crippen molar-refractivity contribution in [2.45, 2.75) is 0 Å². The number of nitro groups is 1. The molecule has 1 aromatic carbocycles. The molecule has 2 aromatic rings. The Balaban J connectivity index is 2.51. The summed E-state index contributed by atoms with van der Waals surface area (Å²) in [6.45, 7) is 0. The van der Waals surface area contributed by atoms with Crippen molar-refractivity contribution in [3.8, 4) is 0 Å². The molecule has 1 aromatic heterocycles. The fourth-order valence-corrected chi connectivity index (χ4v) is 1.59. The van der Waals surface area contributed by atoms with Gasteiger partial charge in [0.2, 0.25) is 0 Å². The molecule has 8 heteroatoms. The second-order valence-corrected chi connectivity index (χ2v) is 3.82. The minimum atomic E-state index is -1.10. The molecular weight excluding hydrogens is 269 g/mol. The summed E-state index contributed by atoms with van der Waals surface area (Å²) in [5.74, 6) is -0.471. The van der Waals surface area contributed by atoms with E-state index in [1.165, 1.54) is 30.4 Å². The normalized spacial score (nSPS) is 10.8. The number of hydrogen-bond donors (Lipinski definition) is 2. The van der Waals surface area contributed by atoms with Crippen LogP contribution >= 0.6 is 0 Å². The Bertz CT molecular complexity index is 807. The Morgan fingerprint density at radius 1 is 1.20 bits per heavy atom. The monoisotopic (exact) mass is 277 g/mol. The number of halogens is 1. The maximum atomic E-state index is 13.0. The number of aromatic amines is 2. The molecule has 0 saturated heterocycles. The van der Waals surface area contributed by atoms with Crippen molar-refractivity contribution >= 4 is 17.8 Å². The van der Waals surface area contributed by atoms with Gasteiger partial charge >= 0.3 is 16.9 Å². The Morgan fingerprint density at radius 3 is 2.60 bits per heavy atom. The van der Waals surface area contributed by atoms with Gasteiger partial charge in [0.15, 0.2) is 0 Å². The number of H-pyrrole nitrogens is 2. The number of nitrogens with one attached hydrogen (secondary N) is 2. The van der Waals surface area contributed by atoms with Crippen LogP contribution in [0, 0.1) is 15.9 Å². The Labute approximate surface area is 110 Å². The molecule has 0 radical (unpaired) electrons. The number of benzene rings is 1.